The summed E-state index contributed by atoms with van der Waals surface area (Å²) in [6.45, 7) is 9.32. The molecule has 0 saturated carbocycles. The molecule has 1 N–H and O–H groups in total. The predicted molar refractivity (Wildman–Crippen MR) is 66.6 cm³/mol. The first-order valence-corrected chi connectivity index (χ1v) is 6.58. The van der Waals surface area contributed by atoms with E-state index in [9.17, 15) is 4.79 Å². The van der Waals surface area contributed by atoms with Crippen molar-refractivity contribution < 1.29 is 9.90 Å². The molecule has 0 aromatic carbocycles. The third-order valence-corrected chi connectivity index (χ3v) is 3.18. The first kappa shape index (κ1) is 14.8. The molecule has 4 heteroatoms. The molecule has 90 valence electrons. The van der Waals surface area contributed by atoms with Crippen molar-refractivity contribution in [1.29, 1.82) is 0 Å². The van der Waals surface area contributed by atoms with Gasteiger partial charge in [0.25, 0.3) is 0 Å². The predicted octanol–water partition coefficient (Wildman–Crippen LogP) is 2.31. The lowest BCUT2D eigenvalue weighted by Gasteiger charge is -2.34. The Morgan fingerprint density at radius 1 is 1.40 bits per heavy atom. The second kappa shape index (κ2) is 7.12. The van der Waals surface area contributed by atoms with E-state index in [1.165, 1.54) is 0 Å². The summed E-state index contributed by atoms with van der Waals surface area (Å²) in [4.78, 5) is 12.7. The molecule has 0 saturated heterocycles. The second-order valence-electron chi connectivity index (χ2n) is 4.54. The summed E-state index contributed by atoms with van der Waals surface area (Å²) < 4.78 is 0. The standard InChI is InChI=1S/C11H23NO2S/c1-5-15-8-6-7-12(9-10(13)14)11(2,3)4/h5-9H2,1-4H3,(H,13,14). The zero-order chi connectivity index (χ0) is 11.9. The Bertz CT molecular complexity index is 190. The molecule has 0 aromatic rings. The van der Waals surface area contributed by atoms with Gasteiger partial charge in [0.15, 0.2) is 0 Å². The highest BCUT2D eigenvalue weighted by atomic mass is 32.2. The van der Waals surface area contributed by atoms with Gasteiger partial charge >= 0.3 is 5.97 Å². The molecule has 0 aliphatic heterocycles. The Balaban J connectivity index is 3.97. The van der Waals surface area contributed by atoms with Gasteiger partial charge in [0, 0.05) is 12.1 Å². The van der Waals surface area contributed by atoms with Crippen LogP contribution in [-0.4, -0.2) is 46.1 Å². The number of carboxylic acid groups (broad SMARTS) is 1. The average molecular weight is 233 g/mol. The van der Waals surface area contributed by atoms with Gasteiger partial charge in [0.2, 0.25) is 0 Å². The van der Waals surface area contributed by atoms with Gasteiger partial charge in [0.05, 0.1) is 6.54 Å². The highest BCUT2D eigenvalue weighted by molar-refractivity contribution is 7.99. The van der Waals surface area contributed by atoms with E-state index in [1.54, 1.807) is 0 Å². The lowest BCUT2D eigenvalue weighted by Crippen LogP contribution is -2.45. The van der Waals surface area contributed by atoms with Crippen LogP contribution in [0.15, 0.2) is 0 Å². The molecule has 15 heavy (non-hydrogen) atoms. The SMILES string of the molecule is CCSCCCN(CC(=O)O)C(C)(C)C. The van der Waals surface area contributed by atoms with Gasteiger partial charge in [-0.25, -0.2) is 0 Å². The first-order valence-electron chi connectivity index (χ1n) is 5.42. The molecule has 0 aliphatic rings. The Morgan fingerprint density at radius 2 is 2.00 bits per heavy atom. The van der Waals surface area contributed by atoms with E-state index in [0.29, 0.717) is 0 Å². The normalized spacial score (nSPS) is 12.1. The quantitative estimate of drug-likeness (QED) is 0.685. The number of hydrogen-bond donors (Lipinski definition) is 1. The summed E-state index contributed by atoms with van der Waals surface area (Å²) >= 11 is 1.91. The van der Waals surface area contributed by atoms with Crippen molar-refractivity contribution in [1.82, 2.24) is 4.90 Å². The maximum atomic E-state index is 10.7. The summed E-state index contributed by atoms with van der Waals surface area (Å²) in [5, 5.41) is 8.80. The number of rotatable bonds is 7. The molecule has 0 unspecified atom stereocenters. The zero-order valence-electron chi connectivity index (χ0n) is 10.2. The fourth-order valence-electron chi connectivity index (χ4n) is 1.32. The van der Waals surface area contributed by atoms with Crippen molar-refractivity contribution in [3.63, 3.8) is 0 Å². The number of aliphatic carboxylic acids is 1. The largest absolute Gasteiger partial charge is 0.480 e. The summed E-state index contributed by atoms with van der Waals surface area (Å²) in [6.07, 6.45) is 1.06. The van der Waals surface area contributed by atoms with Gasteiger partial charge < -0.3 is 5.11 Å². The molecule has 0 heterocycles. The second-order valence-corrected chi connectivity index (χ2v) is 5.93. The Labute approximate surface area is 97.2 Å². The van der Waals surface area contributed by atoms with E-state index in [0.717, 1.165) is 24.5 Å². The van der Waals surface area contributed by atoms with Crippen LogP contribution in [0.4, 0.5) is 0 Å². The molecule has 0 radical (unpaired) electrons. The van der Waals surface area contributed by atoms with Crippen LogP contribution in [0.3, 0.4) is 0 Å². The summed E-state index contributed by atoms with van der Waals surface area (Å²) in [5.74, 6) is 1.50. The number of nitrogens with zero attached hydrogens (tertiary/aromatic N) is 1. The van der Waals surface area contributed by atoms with Crippen LogP contribution >= 0.6 is 11.8 Å². The molecule has 0 rings (SSSR count). The topological polar surface area (TPSA) is 40.5 Å². The minimum atomic E-state index is -0.743. The van der Waals surface area contributed by atoms with Gasteiger partial charge in [-0.2, -0.15) is 11.8 Å². The van der Waals surface area contributed by atoms with Crippen molar-refractivity contribution in [2.45, 2.75) is 39.7 Å². The molecule has 0 aromatic heterocycles. The van der Waals surface area contributed by atoms with E-state index in [1.807, 2.05) is 16.7 Å². The smallest absolute Gasteiger partial charge is 0.317 e. The Hall–Kier alpha value is -0.220. The Morgan fingerprint density at radius 3 is 2.40 bits per heavy atom. The van der Waals surface area contributed by atoms with Crippen molar-refractivity contribution >= 4 is 17.7 Å². The van der Waals surface area contributed by atoms with Crippen LogP contribution in [0.5, 0.6) is 0 Å². The number of carbonyl (C=O) groups is 1. The fourth-order valence-corrected chi connectivity index (χ4v) is 1.94. The van der Waals surface area contributed by atoms with Crippen LogP contribution in [0.25, 0.3) is 0 Å². The van der Waals surface area contributed by atoms with Crippen molar-refractivity contribution in [2.24, 2.45) is 0 Å². The van der Waals surface area contributed by atoms with E-state index >= 15 is 0 Å². The van der Waals surface area contributed by atoms with Crippen LogP contribution in [0, 0.1) is 0 Å². The highest BCUT2D eigenvalue weighted by Crippen LogP contribution is 2.14. The monoisotopic (exact) mass is 233 g/mol. The third-order valence-electron chi connectivity index (χ3n) is 2.20. The van der Waals surface area contributed by atoms with Gasteiger partial charge in [-0.3, -0.25) is 9.69 Å². The number of thioether (sulfide) groups is 1. The molecule has 0 spiro atoms. The van der Waals surface area contributed by atoms with E-state index < -0.39 is 5.97 Å². The van der Waals surface area contributed by atoms with Crippen molar-refractivity contribution in [2.75, 3.05) is 24.6 Å². The molecule has 0 bridgehead atoms. The zero-order valence-corrected chi connectivity index (χ0v) is 11.1. The molecule has 0 fully saturated rings. The molecule has 3 nitrogen and oxygen atoms in total. The molecule has 0 amide bonds. The van der Waals surface area contributed by atoms with Crippen molar-refractivity contribution in [3.8, 4) is 0 Å². The average Bonchev–Trinajstić information content (AvgIpc) is 2.08. The minimum absolute atomic E-state index is 0.0602. The van der Waals surface area contributed by atoms with Crippen LogP contribution in [-0.2, 0) is 4.79 Å². The van der Waals surface area contributed by atoms with Gasteiger partial charge in [-0.1, -0.05) is 6.92 Å². The van der Waals surface area contributed by atoms with E-state index in [4.69, 9.17) is 5.11 Å². The summed E-state index contributed by atoms with van der Waals surface area (Å²) in [5.41, 5.74) is -0.0602. The highest BCUT2D eigenvalue weighted by Gasteiger charge is 2.22. The van der Waals surface area contributed by atoms with E-state index in [2.05, 4.69) is 27.7 Å². The maximum Gasteiger partial charge on any atom is 0.317 e. The minimum Gasteiger partial charge on any atom is -0.480 e. The molecule has 0 atom stereocenters. The number of hydrogen-bond acceptors (Lipinski definition) is 3. The summed E-state index contributed by atoms with van der Waals surface area (Å²) in [6, 6.07) is 0. The van der Waals surface area contributed by atoms with Crippen LogP contribution in [0.2, 0.25) is 0 Å². The lowest BCUT2D eigenvalue weighted by molar-refractivity contribution is -0.139. The van der Waals surface area contributed by atoms with Gasteiger partial charge in [-0.05, 0) is 38.7 Å². The summed E-state index contributed by atoms with van der Waals surface area (Å²) in [7, 11) is 0. The van der Waals surface area contributed by atoms with Crippen LogP contribution in [0.1, 0.15) is 34.1 Å². The van der Waals surface area contributed by atoms with Gasteiger partial charge in [-0.15, -0.1) is 0 Å². The fraction of sp³-hybridized carbons (Fsp3) is 0.909. The third kappa shape index (κ3) is 7.68. The lowest BCUT2D eigenvalue weighted by atomic mass is 10.1. The molecular formula is C11H23NO2S. The Kier molecular flexibility index (Phi) is 7.02. The first-order chi connectivity index (χ1) is 6.88. The van der Waals surface area contributed by atoms with E-state index in [-0.39, 0.29) is 12.1 Å². The number of carboxylic acids is 1. The molecule has 0 aliphatic carbocycles. The van der Waals surface area contributed by atoms with Crippen LogP contribution < -0.4 is 0 Å². The van der Waals surface area contributed by atoms with Crippen molar-refractivity contribution in [3.05, 3.63) is 0 Å². The molecular weight excluding hydrogens is 210 g/mol. The van der Waals surface area contributed by atoms with Gasteiger partial charge in [0.1, 0.15) is 0 Å². The maximum absolute atomic E-state index is 10.7.